The van der Waals surface area contributed by atoms with Crippen LogP contribution in [0.25, 0.3) is 5.69 Å². The number of carbonyl (C=O) groups is 1. The molecule has 0 radical (unpaired) electrons. The summed E-state index contributed by atoms with van der Waals surface area (Å²) in [5.74, 6) is -0.598. The topological polar surface area (TPSA) is 68.0 Å². The number of carboxylic acids is 1. The second-order valence-electron chi connectivity index (χ2n) is 4.69. The molecule has 1 heterocycles. The van der Waals surface area contributed by atoms with Gasteiger partial charge >= 0.3 is 5.97 Å². The molecule has 0 amide bonds. The normalized spacial score (nSPS) is 10.7. The molecule has 1 aromatic heterocycles. The zero-order valence-electron chi connectivity index (χ0n) is 11.8. The van der Waals surface area contributed by atoms with Gasteiger partial charge in [0.05, 0.1) is 5.69 Å². The lowest BCUT2D eigenvalue weighted by molar-refractivity contribution is 0.0683. The first-order chi connectivity index (χ1) is 9.65. The highest BCUT2D eigenvalue weighted by molar-refractivity contribution is 5.83. The highest BCUT2D eigenvalue weighted by atomic mass is 16.4. The van der Waals surface area contributed by atoms with E-state index in [4.69, 9.17) is 5.11 Å². The minimum Gasteiger partial charge on any atom is -0.475 e. The molecule has 1 aromatic carbocycles. The molecule has 5 nitrogen and oxygen atoms in total. The lowest BCUT2D eigenvalue weighted by atomic mass is 10.1. The maximum absolute atomic E-state index is 10.9. The quantitative estimate of drug-likeness (QED) is 0.878. The largest absolute Gasteiger partial charge is 0.475 e. The van der Waals surface area contributed by atoms with Crippen LogP contribution in [0.3, 0.4) is 0 Å². The molecule has 0 aliphatic heterocycles. The minimum absolute atomic E-state index is 0.156. The molecule has 0 aliphatic rings. The van der Waals surface area contributed by atoms with Gasteiger partial charge in [0.2, 0.25) is 0 Å². The van der Waals surface area contributed by atoms with E-state index < -0.39 is 5.97 Å². The van der Waals surface area contributed by atoms with Gasteiger partial charge in [-0.05, 0) is 30.5 Å². The first kappa shape index (κ1) is 14.2. The van der Waals surface area contributed by atoms with Gasteiger partial charge in [-0.1, -0.05) is 32.4 Å². The minimum atomic E-state index is -1.10. The highest BCUT2D eigenvalue weighted by Gasteiger charge is 2.15. The van der Waals surface area contributed by atoms with E-state index in [1.807, 2.05) is 19.1 Å². The van der Waals surface area contributed by atoms with E-state index in [0.29, 0.717) is 12.2 Å². The van der Waals surface area contributed by atoms with E-state index in [2.05, 4.69) is 29.1 Å². The molecular weight excluding hydrogens is 254 g/mol. The Hall–Kier alpha value is -2.17. The molecule has 20 heavy (non-hydrogen) atoms. The molecule has 0 atom stereocenters. The van der Waals surface area contributed by atoms with Gasteiger partial charge in [-0.3, -0.25) is 0 Å². The van der Waals surface area contributed by atoms with Crippen molar-refractivity contribution >= 4 is 5.97 Å². The number of aromatic carboxylic acids is 1. The maximum Gasteiger partial charge on any atom is 0.375 e. The van der Waals surface area contributed by atoms with Crippen LogP contribution >= 0.6 is 0 Å². The van der Waals surface area contributed by atoms with E-state index in [-0.39, 0.29) is 5.82 Å². The Balaban J connectivity index is 2.28. The van der Waals surface area contributed by atoms with Gasteiger partial charge in [0.1, 0.15) is 5.82 Å². The van der Waals surface area contributed by atoms with E-state index in [1.165, 1.54) is 18.4 Å². The standard InChI is InChI=1S/C15H19N3O2/c1-3-5-6-11-7-9-12(10-8-11)18-13(4-2)16-14(17-18)15(19)20/h7-10H,3-6H2,1-2H3,(H,19,20). The third-order valence-corrected chi connectivity index (χ3v) is 3.18. The zero-order valence-corrected chi connectivity index (χ0v) is 11.8. The number of hydrogen-bond acceptors (Lipinski definition) is 3. The molecule has 106 valence electrons. The fourth-order valence-electron chi connectivity index (χ4n) is 2.06. The van der Waals surface area contributed by atoms with Crippen LogP contribution < -0.4 is 0 Å². The second-order valence-corrected chi connectivity index (χ2v) is 4.69. The summed E-state index contributed by atoms with van der Waals surface area (Å²) < 4.78 is 1.60. The molecule has 0 unspecified atom stereocenters. The van der Waals surface area contributed by atoms with Gasteiger partial charge in [0.25, 0.3) is 5.82 Å². The summed E-state index contributed by atoms with van der Waals surface area (Å²) in [5.41, 5.74) is 2.13. The summed E-state index contributed by atoms with van der Waals surface area (Å²) in [5, 5.41) is 13.0. The van der Waals surface area contributed by atoms with Gasteiger partial charge in [-0.2, -0.15) is 0 Å². The first-order valence-corrected chi connectivity index (χ1v) is 6.94. The van der Waals surface area contributed by atoms with E-state index in [1.54, 1.807) is 4.68 Å². The molecule has 2 aromatic rings. The van der Waals surface area contributed by atoms with E-state index in [0.717, 1.165) is 12.1 Å². The van der Waals surface area contributed by atoms with Crippen LogP contribution in [0.4, 0.5) is 0 Å². The summed E-state index contributed by atoms with van der Waals surface area (Å²) in [6, 6.07) is 8.05. The fraction of sp³-hybridized carbons (Fsp3) is 0.400. The van der Waals surface area contributed by atoms with Gasteiger partial charge in [0.15, 0.2) is 0 Å². The molecule has 0 saturated carbocycles. The Kier molecular flexibility index (Phi) is 4.50. The van der Waals surface area contributed by atoms with Crippen molar-refractivity contribution in [3.05, 3.63) is 41.5 Å². The number of nitrogens with zero attached hydrogens (tertiary/aromatic N) is 3. The molecule has 0 fully saturated rings. The van der Waals surface area contributed by atoms with Crippen LogP contribution in [0.5, 0.6) is 0 Å². The van der Waals surface area contributed by atoms with Crippen LogP contribution in [0.2, 0.25) is 0 Å². The average molecular weight is 273 g/mol. The fourth-order valence-corrected chi connectivity index (χ4v) is 2.06. The van der Waals surface area contributed by atoms with Crippen molar-refractivity contribution in [2.75, 3.05) is 0 Å². The van der Waals surface area contributed by atoms with Crippen LogP contribution in [0.15, 0.2) is 24.3 Å². The zero-order chi connectivity index (χ0) is 14.5. The smallest absolute Gasteiger partial charge is 0.375 e. The lowest BCUT2D eigenvalue weighted by Gasteiger charge is -2.05. The molecule has 0 saturated heterocycles. The van der Waals surface area contributed by atoms with Crippen molar-refractivity contribution in [1.82, 2.24) is 14.8 Å². The predicted molar refractivity (Wildman–Crippen MR) is 76.3 cm³/mol. The third-order valence-electron chi connectivity index (χ3n) is 3.18. The van der Waals surface area contributed by atoms with Crippen molar-refractivity contribution in [3.8, 4) is 5.69 Å². The number of hydrogen-bond donors (Lipinski definition) is 1. The number of rotatable bonds is 6. The van der Waals surface area contributed by atoms with Crippen molar-refractivity contribution < 1.29 is 9.90 Å². The van der Waals surface area contributed by atoms with Crippen LogP contribution in [-0.4, -0.2) is 25.8 Å². The van der Waals surface area contributed by atoms with Gasteiger partial charge < -0.3 is 5.11 Å². The third kappa shape index (κ3) is 3.04. The maximum atomic E-state index is 10.9. The molecule has 2 rings (SSSR count). The van der Waals surface area contributed by atoms with Crippen LogP contribution in [-0.2, 0) is 12.8 Å². The van der Waals surface area contributed by atoms with Gasteiger partial charge in [-0.15, -0.1) is 5.10 Å². The van der Waals surface area contributed by atoms with Crippen molar-refractivity contribution in [3.63, 3.8) is 0 Å². The Morgan fingerprint density at radius 2 is 1.95 bits per heavy atom. The first-order valence-electron chi connectivity index (χ1n) is 6.94. The Bertz CT molecular complexity index is 588. The van der Waals surface area contributed by atoms with Gasteiger partial charge in [-0.25, -0.2) is 14.5 Å². The van der Waals surface area contributed by atoms with E-state index >= 15 is 0 Å². The summed E-state index contributed by atoms with van der Waals surface area (Å²) in [7, 11) is 0. The molecule has 0 spiro atoms. The summed E-state index contributed by atoms with van der Waals surface area (Å²) >= 11 is 0. The average Bonchev–Trinajstić information content (AvgIpc) is 2.90. The second kappa shape index (κ2) is 6.32. The SMILES string of the molecule is CCCCc1ccc(-n2nc(C(=O)O)nc2CC)cc1. The Morgan fingerprint density at radius 3 is 2.50 bits per heavy atom. The molecule has 1 N–H and O–H groups in total. The van der Waals surface area contributed by atoms with Gasteiger partial charge in [0, 0.05) is 6.42 Å². The number of unbranched alkanes of at least 4 members (excludes halogenated alkanes) is 1. The van der Waals surface area contributed by atoms with Crippen LogP contribution in [0, 0.1) is 0 Å². The molecular formula is C15H19N3O2. The Labute approximate surface area is 118 Å². The lowest BCUT2D eigenvalue weighted by Crippen LogP contribution is -2.03. The van der Waals surface area contributed by atoms with E-state index in [9.17, 15) is 4.79 Å². The molecule has 0 aliphatic carbocycles. The monoisotopic (exact) mass is 273 g/mol. The summed E-state index contributed by atoms with van der Waals surface area (Å²) in [6.07, 6.45) is 4.05. The van der Waals surface area contributed by atoms with Crippen molar-refractivity contribution in [2.24, 2.45) is 0 Å². The summed E-state index contributed by atoms with van der Waals surface area (Å²) in [4.78, 5) is 15.0. The number of aryl methyl sites for hydroxylation is 2. The number of aromatic nitrogens is 3. The predicted octanol–water partition coefficient (Wildman–Crippen LogP) is 2.87. The van der Waals surface area contributed by atoms with Crippen LogP contribution in [0.1, 0.15) is 48.7 Å². The highest BCUT2D eigenvalue weighted by Crippen LogP contribution is 2.13. The molecule has 0 bridgehead atoms. The number of carboxylic acid groups (broad SMARTS) is 1. The summed E-state index contributed by atoms with van der Waals surface area (Å²) in [6.45, 7) is 4.10. The Morgan fingerprint density at radius 1 is 1.25 bits per heavy atom. The molecule has 5 heteroatoms. The van der Waals surface area contributed by atoms with Crippen molar-refractivity contribution in [1.29, 1.82) is 0 Å². The number of benzene rings is 1. The van der Waals surface area contributed by atoms with Crippen molar-refractivity contribution in [2.45, 2.75) is 39.5 Å².